The molecule has 0 spiro atoms. The van der Waals surface area contributed by atoms with Gasteiger partial charge in [0.15, 0.2) is 0 Å². The van der Waals surface area contributed by atoms with Crippen molar-refractivity contribution in [2.24, 2.45) is 17.8 Å². The van der Waals surface area contributed by atoms with E-state index in [0.29, 0.717) is 24.3 Å². The van der Waals surface area contributed by atoms with Gasteiger partial charge in [-0.15, -0.1) is 0 Å². The third-order valence-corrected chi connectivity index (χ3v) is 10.6. The van der Waals surface area contributed by atoms with E-state index < -0.39 is 49.8 Å². The molecule has 2 aliphatic carbocycles. The van der Waals surface area contributed by atoms with Gasteiger partial charge < -0.3 is 20.1 Å². The number of hydrogen-bond acceptors (Lipinski definition) is 6. The molecule has 2 bridgehead atoms. The molecule has 0 aromatic heterocycles. The Morgan fingerprint density at radius 3 is 2.51 bits per heavy atom. The van der Waals surface area contributed by atoms with Crippen LogP contribution in [-0.4, -0.2) is 45.5 Å². The van der Waals surface area contributed by atoms with Crippen LogP contribution in [0.1, 0.15) is 48.0 Å². The lowest BCUT2D eigenvalue weighted by Gasteiger charge is -2.31. The predicted molar refractivity (Wildman–Crippen MR) is 156 cm³/mol. The van der Waals surface area contributed by atoms with Crippen molar-refractivity contribution in [3.63, 3.8) is 0 Å². The Hall–Kier alpha value is -4.13. The van der Waals surface area contributed by atoms with E-state index in [1.165, 1.54) is 19.2 Å². The van der Waals surface area contributed by atoms with Crippen LogP contribution >= 0.6 is 0 Å². The van der Waals surface area contributed by atoms with Crippen molar-refractivity contribution >= 4 is 27.3 Å². The molecule has 6 rings (SSSR count). The van der Waals surface area contributed by atoms with Crippen LogP contribution in [0.4, 0.5) is 23.2 Å². The van der Waals surface area contributed by atoms with Crippen molar-refractivity contribution in [3.8, 4) is 22.6 Å². The number of ether oxygens (including phenoxy) is 2. The van der Waals surface area contributed by atoms with Crippen molar-refractivity contribution in [1.29, 1.82) is 0 Å². The van der Waals surface area contributed by atoms with Crippen molar-refractivity contribution in [1.82, 2.24) is 5.32 Å². The van der Waals surface area contributed by atoms with Gasteiger partial charge >= 0.3 is 5.51 Å². The van der Waals surface area contributed by atoms with Gasteiger partial charge in [-0.25, -0.2) is 12.8 Å². The maximum absolute atomic E-state index is 15.3. The number of sulfone groups is 1. The van der Waals surface area contributed by atoms with Gasteiger partial charge in [-0.3, -0.25) is 9.59 Å². The van der Waals surface area contributed by atoms with Crippen LogP contribution in [0, 0.1) is 23.6 Å². The standard InChI is InChI=1S/C32H30F4N2O6S/c1-16-15-44-27-11-17(8-9-22(16)27)23-13-24(26(43-2)14-25(23)33)30(39)38-29-19-7-6-18(10-19)28(29)31(40)37-20-4-3-5-21(12-20)45(41,42)32(34,35)36/h3-5,8-9,11-14,16,18-19,28-29H,6-7,10,15H2,1-2H3,(H,37,40)(H,38,39)/t16-,18+,19-,28-,29+/m0/s1. The van der Waals surface area contributed by atoms with Gasteiger partial charge in [-0.1, -0.05) is 25.1 Å². The minimum absolute atomic E-state index is 0.00614. The van der Waals surface area contributed by atoms with Crippen LogP contribution in [-0.2, 0) is 14.6 Å². The summed E-state index contributed by atoms with van der Waals surface area (Å²) in [7, 11) is -4.30. The number of benzene rings is 3. The first-order chi connectivity index (χ1) is 21.3. The molecule has 2 saturated carbocycles. The van der Waals surface area contributed by atoms with E-state index >= 15 is 4.39 Å². The number of amides is 2. The molecule has 238 valence electrons. The summed E-state index contributed by atoms with van der Waals surface area (Å²) in [5.41, 5.74) is -3.85. The van der Waals surface area contributed by atoms with Gasteiger partial charge in [0.2, 0.25) is 5.91 Å². The average Bonchev–Trinajstić information content (AvgIpc) is 3.71. The first-order valence-corrected chi connectivity index (χ1v) is 15.9. The number of anilines is 1. The molecule has 0 radical (unpaired) electrons. The number of methoxy groups -OCH3 is 1. The lowest BCUT2D eigenvalue weighted by Crippen LogP contribution is -2.48. The van der Waals surface area contributed by atoms with E-state index in [2.05, 4.69) is 10.6 Å². The summed E-state index contributed by atoms with van der Waals surface area (Å²) in [4.78, 5) is 26.2. The molecular formula is C32H30F4N2O6S. The third kappa shape index (κ3) is 5.51. The summed E-state index contributed by atoms with van der Waals surface area (Å²) in [5, 5.41) is 5.50. The Morgan fingerprint density at radius 2 is 1.78 bits per heavy atom. The molecule has 45 heavy (non-hydrogen) atoms. The highest BCUT2D eigenvalue weighted by Gasteiger charge is 2.52. The largest absolute Gasteiger partial charge is 0.501 e. The van der Waals surface area contributed by atoms with Gasteiger partial charge in [-0.2, -0.15) is 13.2 Å². The van der Waals surface area contributed by atoms with Crippen molar-refractivity contribution < 1.29 is 45.0 Å². The Balaban J connectivity index is 1.25. The van der Waals surface area contributed by atoms with Gasteiger partial charge in [0, 0.05) is 34.8 Å². The molecular weight excluding hydrogens is 616 g/mol. The molecule has 3 aliphatic rings. The maximum Gasteiger partial charge on any atom is 0.501 e. The minimum Gasteiger partial charge on any atom is -0.496 e. The number of halogens is 4. The molecule has 1 aliphatic heterocycles. The third-order valence-electron chi connectivity index (χ3n) is 9.11. The summed E-state index contributed by atoms with van der Waals surface area (Å²) in [6, 6.07) is 11.3. The van der Waals surface area contributed by atoms with Crippen LogP contribution in [0.2, 0.25) is 0 Å². The molecule has 2 amide bonds. The smallest absolute Gasteiger partial charge is 0.496 e. The van der Waals surface area contributed by atoms with Gasteiger partial charge in [0.05, 0.1) is 30.1 Å². The molecule has 2 N–H and O–H groups in total. The minimum atomic E-state index is -5.61. The summed E-state index contributed by atoms with van der Waals surface area (Å²) < 4.78 is 89.3. The Kier molecular flexibility index (Phi) is 7.78. The highest BCUT2D eigenvalue weighted by Crippen LogP contribution is 2.49. The van der Waals surface area contributed by atoms with Gasteiger partial charge in [0.1, 0.15) is 17.3 Å². The second-order valence-electron chi connectivity index (χ2n) is 11.8. The zero-order chi connectivity index (χ0) is 32.3. The summed E-state index contributed by atoms with van der Waals surface area (Å²) in [6.45, 7) is 2.55. The SMILES string of the molecule is COc1cc(F)c(-c2ccc3c(c2)OC[C@@H]3C)cc1C(=O)N[C@@H]1[C@H]2CC[C@H](C2)[C@@H]1C(=O)Nc1cccc(S(=O)(=O)C(F)(F)F)c1. The van der Waals surface area contributed by atoms with Crippen LogP contribution in [0.25, 0.3) is 11.1 Å². The average molecular weight is 647 g/mol. The fraction of sp³-hybridized carbons (Fsp3) is 0.375. The number of carbonyl (C=O) groups excluding carboxylic acids is 2. The number of alkyl halides is 3. The molecule has 2 fully saturated rings. The predicted octanol–water partition coefficient (Wildman–Crippen LogP) is 6.07. The molecule has 13 heteroatoms. The summed E-state index contributed by atoms with van der Waals surface area (Å²) in [6.07, 6.45) is 2.14. The topological polar surface area (TPSA) is 111 Å². The molecule has 3 aromatic rings. The molecule has 3 aromatic carbocycles. The fourth-order valence-electron chi connectivity index (χ4n) is 6.87. The van der Waals surface area contributed by atoms with E-state index in [4.69, 9.17) is 9.47 Å². The van der Waals surface area contributed by atoms with Crippen LogP contribution in [0.5, 0.6) is 11.5 Å². The van der Waals surface area contributed by atoms with Crippen molar-refractivity contribution in [2.45, 2.75) is 48.5 Å². The van der Waals surface area contributed by atoms with Crippen molar-refractivity contribution in [2.75, 3.05) is 19.0 Å². The van der Waals surface area contributed by atoms with Crippen LogP contribution in [0.3, 0.4) is 0 Å². The second-order valence-corrected chi connectivity index (χ2v) is 13.8. The highest BCUT2D eigenvalue weighted by molar-refractivity contribution is 7.92. The molecule has 1 heterocycles. The zero-order valence-electron chi connectivity index (χ0n) is 24.3. The molecule has 5 atom stereocenters. The van der Waals surface area contributed by atoms with E-state index in [1.54, 1.807) is 12.1 Å². The number of nitrogens with one attached hydrogen (secondary N) is 2. The van der Waals surface area contributed by atoms with Gasteiger partial charge in [0.25, 0.3) is 15.7 Å². The Bertz CT molecular complexity index is 1790. The zero-order valence-corrected chi connectivity index (χ0v) is 25.1. The number of rotatable bonds is 7. The monoisotopic (exact) mass is 646 g/mol. The van der Waals surface area contributed by atoms with E-state index in [0.717, 1.165) is 42.7 Å². The number of hydrogen-bond donors (Lipinski definition) is 2. The number of carbonyl (C=O) groups is 2. The maximum atomic E-state index is 15.3. The van der Waals surface area contributed by atoms with Crippen LogP contribution in [0.15, 0.2) is 59.5 Å². The highest BCUT2D eigenvalue weighted by atomic mass is 32.2. The first kappa shape index (κ1) is 30.9. The van der Waals surface area contributed by atoms with Gasteiger partial charge in [-0.05, 0) is 67.0 Å². The lowest BCUT2D eigenvalue weighted by molar-refractivity contribution is -0.122. The molecule has 0 unspecified atom stereocenters. The summed E-state index contributed by atoms with van der Waals surface area (Å²) in [5.74, 6) is -1.71. The van der Waals surface area contributed by atoms with E-state index in [9.17, 15) is 31.2 Å². The first-order valence-electron chi connectivity index (χ1n) is 14.5. The molecule has 0 saturated heterocycles. The van der Waals surface area contributed by atoms with Crippen molar-refractivity contribution in [3.05, 3.63) is 71.5 Å². The Labute approximate surface area is 257 Å². The number of fused-ring (bicyclic) bond motifs is 3. The second kappa shape index (κ2) is 11.3. The van der Waals surface area contributed by atoms with Crippen LogP contribution < -0.4 is 20.1 Å². The lowest BCUT2D eigenvalue weighted by atomic mass is 9.83. The van der Waals surface area contributed by atoms with E-state index in [1.807, 2.05) is 13.0 Å². The summed E-state index contributed by atoms with van der Waals surface area (Å²) >= 11 is 0. The van der Waals surface area contributed by atoms with E-state index in [-0.39, 0.29) is 40.3 Å². The normalized spacial score (nSPS) is 23.7. The quantitative estimate of drug-likeness (QED) is 0.302. The molecule has 8 nitrogen and oxygen atoms in total. The Morgan fingerprint density at radius 1 is 1.02 bits per heavy atom. The fourth-order valence-corrected chi connectivity index (χ4v) is 7.67.